The fraction of sp³-hybridized carbons (Fsp3) is 0.312. The number of nitrogens with one attached hydrogen (secondary N) is 1. The highest BCUT2D eigenvalue weighted by Crippen LogP contribution is 2.23. The van der Waals surface area contributed by atoms with Gasteiger partial charge in [0.15, 0.2) is 0 Å². The van der Waals surface area contributed by atoms with Gasteiger partial charge in [-0.15, -0.1) is 0 Å². The molecule has 2 aromatic rings. The SMILES string of the molecule is Cc1nn(-c2cccc(Cl)c2)c(Cl)c1/C=N/NC(=O)OC(C)(C)C. The van der Waals surface area contributed by atoms with Crippen molar-refractivity contribution in [2.24, 2.45) is 5.10 Å². The number of hydrazone groups is 1. The molecule has 0 atom stereocenters. The molecule has 0 spiro atoms. The van der Waals surface area contributed by atoms with E-state index in [1.54, 1.807) is 44.5 Å². The lowest BCUT2D eigenvalue weighted by Crippen LogP contribution is -2.29. The minimum absolute atomic E-state index is 0.365. The minimum atomic E-state index is -0.644. The maximum absolute atomic E-state index is 11.6. The second-order valence-corrected chi connectivity index (χ2v) is 6.85. The third-order valence-corrected chi connectivity index (χ3v) is 3.45. The van der Waals surface area contributed by atoms with E-state index in [2.05, 4.69) is 15.6 Å². The molecule has 1 aromatic carbocycles. The van der Waals surface area contributed by atoms with Gasteiger partial charge in [0.25, 0.3) is 0 Å². The van der Waals surface area contributed by atoms with Crippen molar-refractivity contribution in [1.29, 1.82) is 0 Å². The topological polar surface area (TPSA) is 68.5 Å². The Morgan fingerprint density at radius 3 is 2.71 bits per heavy atom. The monoisotopic (exact) mass is 368 g/mol. The van der Waals surface area contributed by atoms with Crippen molar-refractivity contribution < 1.29 is 9.53 Å². The zero-order chi connectivity index (χ0) is 17.9. The van der Waals surface area contributed by atoms with Crippen LogP contribution in [-0.2, 0) is 4.74 Å². The Balaban J connectivity index is 2.18. The zero-order valence-electron chi connectivity index (χ0n) is 13.8. The highest BCUT2D eigenvalue weighted by Gasteiger charge is 2.16. The molecule has 6 nitrogen and oxygen atoms in total. The molecule has 0 fully saturated rings. The molecule has 8 heteroatoms. The van der Waals surface area contributed by atoms with Crippen molar-refractivity contribution in [3.05, 3.63) is 45.7 Å². The van der Waals surface area contributed by atoms with Crippen LogP contribution in [0.5, 0.6) is 0 Å². The maximum Gasteiger partial charge on any atom is 0.428 e. The zero-order valence-corrected chi connectivity index (χ0v) is 15.3. The summed E-state index contributed by atoms with van der Waals surface area (Å²) in [4.78, 5) is 11.6. The van der Waals surface area contributed by atoms with Crippen molar-refractivity contribution >= 4 is 35.5 Å². The third kappa shape index (κ3) is 4.72. The second-order valence-electron chi connectivity index (χ2n) is 6.05. The first-order valence-corrected chi connectivity index (χ1v) is 7.96. The van der Waals surface area contributed by atoms with Crippen LogP contribution in [0.4, 0.5) is 4.79 Å². The molecule has 1 heterocycles. The van der Waals surface area contributed by atoms with Gasteiger partial charge in [0.2, 0.25) is 0 Å². The van der Waals surface area contributed by atoms with Gasteiger partial charge in [0.05, 0.1) is 23.2 Å². The predicted octanol–water partition coefficient (Wildman–Crippen LogP) is 4.35. The Kier molecular flexibility index (Phi) is 5.51. The van der Waals surface area contributed by atoms with Crippen LogP contribution in [0.25, 0.3) is 5.69 Å². The lowest BCUT2D eigenvalue weighted by molar-refractivity contribution is 0.0529. The first-order valence-electron chi connectivity index (χ1n) is 7.20. The number of benzene rings is 1. The molecule has 0 saturated carbocycles. The molecule has 1 amide bonds. The number of halogens is 2. The van der Waals surface area contributed by atoms with E-state index in [-0.39, 0.29) is 0 Å². The average molecular weight is 369 g/mol. The Morgan fingerprint density at radius 1 is 1.38 bits per heavy atom. The van der Waals surface area contributed by atoms with Crippen molar-refractivity contribution in [2.75, 3.05) is 0 Å². The molecule has 0 aliphatic rings. The highest BCUT2D eigenvalue weighted by atomic mass is 35.5. The van der Waals surface area contributed by atoms with E-state index in [1.807, 2.05) is 12.1 Å². The second kappa shape index (κ2) is 7.23. The molecule has 0 bridgehead atoms. The summed E-state index contributed by atoms with van der Waals surface area (Å²) in [6.07, 6.45) is 0.782. The van der Waals surface area contributed by atoms with E-state index in [9.17, 15) is 4.79 Å². The number of ether oxygens (including phenoxy) is 1. The molecule has 24 heavy (non-hydrogen) atoms. The Morgan fingerprint density at radius 2 is 2.08 bits per heavy atom. The summed E-state index contributed by atoms with van der Waals surface area (Å²) >= 11 is 12.4. The highest BCUT2D eigenvalue weighted by molar-refractivity contribution is 6.32. The summed E-state index contributed by atoms with van der Waals surface area (Å²) in [6, 6.07) is 7.16. The number of hydrogen-bond donors (Lipinski definition) is 1. The van der Waals surface area contributed by atoms with Gasteiger partial charge in [0, 0.05) is 5.02 Å². The number of aryl methyl sites for hydroxylation is 1. The maximum atomic E-state index is 11.6. The van der Waals surface area contributed by atoms with Crippen molar-refractivity contribution in [2.45, 2.75) is 33.3 Å². The van der Waals surface area contributed by atoms with Gasteiger partial charge in [-0.3, -0.25) is 0 Å². The normalized spacial score (nSPS) is 11.8. The molecule has 128 valence electrons. The van der Waals surface area contributed by atoms with Gasteiger partial charge in [-0.25, -0.2) is 14.9 Å². The molecule has 2 rings (SSSR count). The van der Waals surface area contributed by atoms with Gasteiger partial charge in [-0.1, -0.05) is 29.3 Å². The van der Waals surface area contributed by atoms with Crippen LogP contribution in [-0.4, -0.2) is 27.7 Å². The van der Waals surface area contributed by atoms with Crippen molar-refractivity contribution in [3.63, 3.8) is 0 Å². The molecule has 1 N–H and O–H groups in total. The van der Waals surface area contributed by atoms with Gasteiger partial charge < -0.3 is 4.74 Å². The predicted molar refractivity (Wildman–Crippen MR) is 95.3 cm³/mol. The molecule has 0 unspecified atom stereocenters. The summed E-state index contributed by atoms with van der Waals surface area (Å²) in [5.41, 5.74) is 3.68. The molecule has 0 radical (unpaired) electrons. The fourth-order valence-electron chi connectivity index (χ4n) is 1.89. The van der Waals surface area contributed by atoms with Crippen LogP contribution in [0.2, 0.25) is 10.2 Å². The number of amides is 1. The average Bonchev–Trinajstić information content (AvgIpc) is 2.73. The Bertz CT molecular complexity index is 779. The number of carbonyl (C=O) groups is 1. The van der Waals surface area contributed by atoms with E-state index in [0.717, 1.165) is 5.69 Å². The first-order chi connectivity index (χ1) is 11.2. The van der Waals surface area contributed by atoms with Gasteiger partial charge >= 0.3 is 6.09 Å². The van der Waals surface area contributed by atoms with E-state index in [1.165, 1.54) is 6.21 Å². The van der Waals surface area contributed by atoms with Gasteiger partial charge in [-0.05, 0) is 45.9 Å². The van der Waals surface area contributed by atoms with Crippen LogP contribution in [0, 0.1) is 6.92 Å². The quantitative estimate of drug-likeness (QED) is 0.646. The minimum Gasteiger partial charge on any atom is -0.443 e. The lowest BCUT2D eigenvalue weighted by Gasteiger charge is -2.18. The summed E-state index contributed by atoms with van der Waals surface area (Å²) in [6.45, 7) is 7.10. The van der Waals surface area contributed by atoms with E-state index >= 15 is 0 Å². The number of carbonyl (C=O) groups excluding carboxylic acids is 1. The van der Waals surface area contributed by atoms with Crippen LogP contribution in [0.1, 0.15) is 32.0 Å². The largest absolute Gasteiger partial charge is 0.443 e. The number of hydrogen-bond acceptors (Lipinski definition) is 4. The van der Waals surface area contributed by atoms with Crippen molar-refractivity contribution in [1.82, 2.24) is 15.2 Å². The molecule has 0 saturated heterocycles. The molecule has 0 aliphatic heterocycles. The summed E-state index contributed by atoms with van der Waals surface area (Å²) in [5.74, 6) is 0. The molecule has 0 aliphatic carbocycles. The van der Waals surface area contributed by atoms with Crippen molar-refractivity contribution in [3.8, 4) is 5.69 Å². The van der Waals surface area contributed by atoms with Crippen LogP contribution in [0.15, 0.2) is 29.4 Å². The van der Waals surface area contributed by atoms with Crippen LogP contribution < -0.4 is 5.43 Å². The first kappa shape index (κ1) is 18.3. The summed E-state index contributed by atoms with van der Waals surface area (Å²) < 4.78 is 6.64. The number of nitrogens with zero attached hydrogens (tertiary/aromatic N) is 3. The van der Waals surface area contributed by atoms with E-state index < -0.39 is 11.7 Å². The summed E-state index contributed by atoms with van der Waals surface area (Å²) in [5, 5.41) is 9.18. The standard InChI is InChI=1S/C16H18Cl2N4O2/c1-10-13(9-19-20-15(23)24-16(2,3)4)14(18)22(21-10)12-7-5-6-11(17)8-12/h5-9H,1-4H3,(H,20,23)/b19-9+. The third-order valence-electron chi connectivity index (χ3n) is 2.85. The summed E-state index contributed by atoms with van der Waals surface area (Å²) in [7, 11) is 0. The Hall–Kier alpha value is -2.05. The van der Waals surface area contributed by atoms with Gasteiger partial charge in [0.1, 0.15) is 10.8 Å². The van der Waals surface area contributed by atoms with E-state index in [0.29, 0.717) is 21.4 Å². The lowest BCUT2D eigenvalue weighted by atomic mass is 10.2. The smallest absolute Gasteiger partial charge is 0.428 e. The number of aromatic nitrogens is 2. The van der Waals surface area contributed by atoms with E-state index in [4.69, 9.17) is 27.9 Å². The fourth-order valence-corrected chi connectivity index (χ4v) is 2.39. The molecule has 1 aromatic heterocycles. The molecular formula is C16H18Cl2N4O2. The van der Waals surface area contributed by atoms with Gasteiger partial charge in [-0.2, -0.15) is 10.2 Å². The van der Waals surface area contributed by atoms with Crippen LogP contribution >= 0.6 is 23.2 Å². The molecular weight excluding hydrogens is 351 g/mol. The van der Waals surface area contributed by atoms with Crippen LogP contribution in [0.3, 0.4) is 0 Å². The number of rotatable bonds is 3. The Labute approximate surface area is 150 Å².